The first-order valence-electron chi connectivity index (χ1n) is 11.7. The smallest absolute Gasteiger partial charge is 0.427 e. The van der Waals surface area contributed by atoms with Crippen LogP contribution in [-0.2, 0) is 31.5 Å². The number of halogens is 1. The lowest BCUT2D eigenvalue weighted by molar-refractivity contribution is -0.143. The van der Waals surface area contributed by atoms with Gasteiger partial charge in [-0.2, -0.15) is 0 Å². The number of hydrogen-bond acceptors (Lipinski definition) is 8. The van der Waals surface area contributed by atoms with Crippen molar-refractivity contribution in [3.8, 4) is 0 Å². The molecule has 1 heterocycles. The maximum absolute atomic E-state index is 13.2. The number of aromatic nitrogens is 2. The predicted octanol–water partition coefficient (Wildman–Crippen LogP) is 4.82. The second-order valence-corrected chi connectivity index (χ2v) is 11.8. The summed E-state index contributed by atoms with van der Waals surface area (Å²) in [5.74, 6) is -1.28. The largest absolute Gasteiger partial charge is 0.468 e. The van der Waals surface area contributed by atoms with E-state index >= 15 is 0 Å². The average Bonchev–Trinajstić information content (AvgIpc) is 3.51. The van der Waals surface area contributed by atoms with Crippen LogP contribution in [0.5, 0.6) is 0 Å². The van der Waals surface area contributed by atoms with Gasteiger partial charge in [0, 0.05) is 23.5 Å². The highest BCUT2D eigenvalue weighted by Crippen LogP contribution is 2.60. The molecule has 3 rings (SSSR count). The molecule has 0 saturated heterocycles. The molecule has 0 unspecified atom stereocenters. The third-order valence-electron chi connectivity index (χ3n) is 5.71. The van der Waals surface area contributed by atoms with Gasteiger partial charge < -0.3 is 14.2 Å². The Morgan fingerprint density at radius 2 is 1.54 bits per heavy atom. The second kappa shape index (κ2) is 9.92. The van der Waals surface area contributed by atoms with Gasteiger partial charge in [0.1, 0.15) is 16.6 Å². The molecular formula is C26H32BrN3O7. The topological polar surface area (TPSA) is 117 Å². The van der Waals surface area contributed by atoms with Gasteiger partial charge in [-0.05, 0) is 65.7 Å². The van der Waals surface area contributed by atoms with E-state index in [9.17, 15) is 19.2 Å². The highest BCUT2D eigenvalue weighted by atomic mass is 79.9. The summed E-state index contributed by atoms with van der Waals surface area (Å²) in [4.78, 5) is 57.4. The molecule has 1 fully saturated rings. The summed E-state index contributed by atoms with van der Waals surface area (Å²) in [5, 5.41) is 0. The Morgan fingerprint density at radius 3 is 2.00 bits per heavy atom. The van der Waals surface area contributed by atoms with Crippen LogP contribution in [0.15, 0.2) is 39.6 Å². The van der Waals surface area contributed by atoms with Crippen LogP contribution in [0.25, 0.3) is 0 Å². The highest BCUT2D eigenvalue weighted by molar-refractivity contribution is 9.10. The van der Waals surface area contributed by atoms with Gasteiger partial charge in [-0.15, -0.1) is 4.90 Å². The van der Waals surface area contributed by atoms with Crippen molar-refractivity contribution in [2.24, 2.45) is 7.05 Å². The average molecular weight is 578 g/mol. The number of hydrogen-bond donors (Lipinski definition) is 0. The van der Waals surface area contributed by atoms with Gasteiger partial charge in [0.15, 0.2) is 0 Å². The summed E-state index contributed by atoms with van der Waals surface area (Å²) in [6, 6.07) is 8.52. The monoisotopic (exact) mass is 577 g/mol. The molecule has 37 heavy (non-hydrogen) atoms. The zero-order valence-corrected chi connectivity index (χ0v) is 23.8. The van der Waals surface area contributed by atoms with E-state index in [0.717, 1.165) is 9.04 Å². The molecule has 10 nitrogen and oxygen atoms in total. The molecule has 2 amide bonds. The molecule has 1 aliphatic carbocycles. The summed E-state index contributed by atoms with van der Waals surface area (Å²) < 4.78 is 17.9. The van der Waals surface area contributed by atoms with Crippen LogP contribution in [0.1, 0.15) is 65.1 Å². The molecule has 0 radical (unpaired) electrons. The Kier molecular flexibility index (Phi) is 7.61. The lowest BCUT2D eigenvalue weighted by Gasteiger charge is -2.28. The lowest BCUT2D eigenvalue weighted by Crippen LogP contribution is -2.46. The Morgan fingerprint density at radius 1 is 1.03 bits per heavy atom. The van der Waals surface area contributed by atoms with Crippen LogP contribution >= 0.6 is 15.9 Å². The quantitative estimate of drug-likeness (QED) is 0.375. The first-order chi connectivity index (χ1) is 17.0. The number of nitrogens with zero attached hydrogens (tertiary/aromatic N) is 3. The Labute approximate surface area is 224 Å². The van der Waals surface area contributed by atoms with Gasteiger partial charge in [-0.3, -0.25) is 14.2 Å². The predicted molar refractivity (Wildman–Crippen MR) is 140 cm³/mol. The van der Waals surface area contributed by atoms with Crippen molar-refractivity contribution in [1.29, 1.82) is 0 Å². The molecule has 0 aliphatic heterocycles. The molecule has 2 aromatic rings. The fourth-order valence-corrected chi connectivity index (χ4v) is 4.25. The summed E-state index contributed by atoms with van der Waals surface area (Å²) in [7, 11) is 2.68. The molecule has 0 bridgehead atoms. The molecule has 2 atom stereocenters. The normalized spacial score (nSPS) is 19.1. The molecule has 1 aromatic carbocycles. The zero-order valence-electron chi connectivity index (χ0n) is 22.2. The van der Waals surface area contributed by atoms with Crippen LogP contribution in [0.4, 0.5) is 15.5 Å². The number of carbonyl (C=O) groups excluding carboxylic acids is 3. The lowest BCUT2D eigenvalue weighted by atomic mass is 9.92. The van der Waals surface area contributed by atoms with Gasteiger partial charge in [0.05, 0.1) is 12.8 Å². The van der Waals surface area contributed by atoms with Gasteiger partial charge in [0.2, 0.25) is 5.95 Å². The number of carbonyl (C=O) groups is 3. The van der Waals surface area contributed by atoms with Crippen molar-refractivity contribution in [1.82, 2.24) is 9.55 Å². The number of rotatable bonds is 4. The Hall–Kier alpha value is -3.21. The molecule has 11 heteroatoms. The third kappa shape index (κ3) is 6.03. The van der Waals surface area contributed by atoms with Crippen LogP contribution in [0, 0.1) is 0 Å². The van der Waals surface area contributed by atoms with Crippen molar-refractivity contribution < 1.29 is 28.6 Å². The van der Waals surface area contributed by atoms with E-state index in [-0.39, 0.29) is 11.6 Å². The number of esters is 1. The van der Waals surface area contributed by atoms with Crippen LogP contribution in [-0.4, -0.2) is 46.0 Å². The first-order valence-corrected chi connectivity index (χ1v) is 12.5. The number of amides is 2. The molecule has 200 valence electrons. The Bertz CT molecular complexity index is 1250. The molecule has 0 N–H and O–H groups in total. The molecule has 1 aliphatic rings. The summed E-state index contributed by atoms with van der Waals surface area (Å²) >= 11 is 3.39. The maximum Gasteiger partial charge on any atom is 0.427 e. The van der Waals surface area contributed by atoms with Crippen molar-refractivity contribution in [2.45, 2.75) is 70.5 Å². The number of benzene rings is 1. The SMILES string of the molecule is COC(=O)[C@]1(c2ccc(Br)cc2)C[C@@H]1c1cc(=O)n(C)c(N(C(=O)OC(C)(C)C)C(=O)OC(C)(C)C)n1. The van der Waals surface area contributed by atoms with Gasteiger partial charge in [0.25, 0.3) is 5.56 Å². The van der Waals surface area contributed by atoms with Crippen LogP contribution in [0.3, 0.4) is 0 Å². The Balaban J connectivity index is 2.13. The van der Waals surface area contributed by atoms with Gasteiger partial charge in [-0.25, -0.2) is 14.6 Å². The van der Waals surface area contributed by atoms with Crippen molar-refractivity contribution in [3.05, 3.63) is 56.4 Å². The van der Waals surface area contributed by atoms with E-state index < -0.39 is 46.3 Å². The minimum atomic E-state index is -1.06. The standard InChI is InChI=1S/C26H32BrN3O7/c1-24(2,3)36-22(33)30(23(34)37-25(4,5)6)21-28-18(13-19(31)29(21)7)17-14-26(17,20(32)35-8)15-9-11-16(27)12-10-15/h9-13,17H,14H2,1-8H3/t17-,26+/m1/s1. The minimum Gasteiger partial charge on any atom is -0.468 e. The minimum absolute atomic E-state index is 0.239. The van der Waals surface area contributed by atoms with Crippen LogP contribution < -0.4 is 10.5 Å². The number of imide groups is 1. The summed E-state index contributed by atoms with van der Waals surface area (Å²) in [6.07, 6.45) is -1.77. The van der Waals surface area contributed by atoms with Crippen molar-refractivity contribution in [3.63, 3.8) is 0 Å². The summed E-state index contributed by atoms with van der Waals surface area (Å²) in [6.45, 7) is 9.88. The van der Waals surface area contributed by atoms with Gasteiger partial charge >= 0.3 is 18.2 Å². The van der Waals surface area contributed by atoms with E-state index in [1.165, 1.54) is 20.2 Å². The summed E-state index contributed by atoms with van der Waals surface area (Å²) in [5.41, 5.74) is -2.53. The highest BCUT2D eigenvalue weighted by Gasteiger charge is 2.63. The second-order valence-electron chi connectivity index (χ2n) is 10.9. The van der Waals surface area contributed by atoms with E-state index in [1.54, 1.807) is 53.7 Å². The third-order valence-corrected chi connectivity index (χ3v) is 6.24. The van der Waals surface area contributed by atoms with Crippen LogP contribution in [0.2, 0.25) is 0 Å². The first kappa shape index (κ1) is 28.4. The number of ether oxygens (including phenoxy) is 3. The number of methoxy groups -OCH3 is 1. The molecule has 1 aromatic heterocycles. The maximum atomic E-state index is 13.2. The van der Waals surface area contributed by atoms with Crippen molar-refractivity contribution in [2.75, 3.05) is 12.0 Å². The van der Waals surface area contributed by atoms with E-state index in [0.29, 0.717) is 16.9 Å². The van der Waals surface area contributed by atoms with E-state index in [2.05, 4.69) is 20.9 Å². The van der Waals surface area contributed by atoms with E-state index in [4.69, 9.17) is 14.2 Å². The van der Waals surface area contributed by atoms with Gasteiger partial charge in [-0.1, -0.05) is 28.1 Å². The number of anilines is 1. The molecule has 0 spiro atoms. The fraction of sp³-hybridized carbons (Fsp3) is 0.500. The molecule has 1 saturated carbocycles. The van der Waals surface area contributed by atoms with Crippen molar-refractivity contribution >= 4 is 40.0 Å². The zero-order chi connectivity index (χ0) is 27.9. The molecular weight excluding hydrogens is 546 g/mol. The fourth-order valence-electron chi connectivity index (χ4n) is 3.99. The van der Waals surface area contributed by atoms with E-state index in [1.807, 2.05) is 12.1 Å².